The number of nitrogens with one attached hydrogen (secondary N) is 1. The number of aryl methyl sites for hydroxylation is 3. The summed E-state index contributed by atoms with van der Waals surface area (Å²) in [5.74, 6) is 1.13. The number of para-hydroxylation sites is 1. The van der Waals surface area contributed by atoms with E-state index in [-0.39, 0.29) is 18.0 Å². The number of hydrogen-bond donors (Lipinski definition) is 1. The van der Waals surface area contributed by atoms with E-state index in [1.165, 1.54) is 10.6 Å². The molecule has 0 saturated heterocycles. The fourth-order valence-electron chi connectivity index (χ4n) is 4.23. The lowest BCUT2D eigenvalue weighted by Gasteiger charge is -2.15. The van der Waals surface area contributed by atoms with Gasteiger partial charge in [-0.15, -0.1) is 0 Å². The van der Waals surface area contributed by atoms with E-state index in [2.05, 4.69) is 15.5 Å². The summed E-state index contributed by atoms with van der Waals surface area (Å²) < 4.78 is 6.94. The summed E-state index contributed by atoms with van der Waals surface area (Å²) in [7, 11) is 0. The van der Waals surface area contributed by atoms with Gasteiger partial charge >= 0.3 is 0 Å². The van der Waals surface area contributed by atoms with Gasteiger partial charge in [-0.05, 0) is 50.8 Å². The zero-order valence-electron chi connectivity index (χ0n) is 18.3. The zero-order chi connectivity index (χ0) is 22.4. The number of carbonyl (C=O) groups is 1. The van der Waals surface area contributed by atoms with Crippen LogP contribution in [0.2, 0.25) is 0 Å². The van der Waals surface area contributed by atoms with Gasteiger partial charge in [-0.25, -0.2) is 0 Å². The van der Waals surface area contributed by atoms with E-state index in [0.717, 1.165) is 40.6 Å². The van der Waals surface area contributed by atoms with Gasteiger partial charge < -0.3 is 9.84 Å². The van der Waals surface area contributed by atoms with E-state index in [9.17, 15) is 9.59 Å². The average Bonchev–Trinajstić information content (AvgIpc) is 3.49. The molecule has 2 aromatic carbocycles. The van der Waals surface area contributed by atoms with E-state index < -0.39 is 0 Å². The van der Waals surface area contributed by atoms with Gasteiger partial charge in [0.2, 0.25) is 5.91 Å². The number of carbonyl (C=O) groups excluding carboxylic acids is 1. The van der Waals surface area contributed by atoms with Crippen LogP contribution in [-0.2, 0) is 11.3 Å². The highest BCUT2D eigenvalue weighted by Gasteiger charge is 2.29. The Morgan fingerprint density at radius 3 is 2.56 bits per heavy atom. The normalized spacial score (nSPS) is 13.5. The molecule has 4 aromatic rings. The molecule has 0 spiro atoms. The summed E-state index contributed by atoms with van der Waals surface area (Å²) >= 11 is 0. The molecule has 1 aliphatic carbocycles. The van der Waals surface area contributed by atoms with Crippen molar-refractivity contribution in [1.29, 1.82) is 0 Å². The first-order chi connectivity index (χ1) is 15.4. The van der Waals surface area contributed by atoms with Crippen LogP contribution in [-0.4, -0.2) is 20.6 Å². The molecule has 1 saturated carbocycles. The van der Waals surface area contributed by atoms with Crippen LogP contribution in [0.3, 0.4) is 0 Å². The molecule has 1 aliphatic rings. The Hall–Kier alpha value is -3.74. The maximum atomic E-state index is 13.0. The molecule has 5 rings (SSSR count). The molecule has 1 amide bonds. The third kappa shape index (κ3) is 3.70. The minimum atomic E-state index is -0.294. The Labute approximate surface area is 185 Å². The molecule has 2 heterocycles. The highest BCUT2D eigenvalue weighted by Crippen LogP contribution is 2.39. The summed E-state index contributed by atoms with van der Waals surface area (Å²) in [4.78, 5) is 30.4. The van der Waals surface area contributed by atoms with Crippen molar-refractivity contribution in [3.63, 3.8) is 0 Å². The maximum Gasteiger partial charge on any atom is 0.258 e. The second-order valence-corrected chi connectivity index (χ2v) is 8.55. The topological polar surface area (TPSA) is 90.0 Å². The van der Waals surface area contributed by atoms with Crippen LogP contribution in [0.4, 0.5) is 5.69 Å². The number of amides is 1. The van der Waals surface area contributed by atoms with Crippen LogP contribution in [0.15, 0.2) is 51.8 Å². The van der Waals surface area contributed by atoms with E-state index in [4.69, 9.17) is 4.52 Å². The molecule has 7 heteroatoms. The first-order valence-electron chi connectivity index (χ1n) is 10.7. The van der Waals surface area contributed by atoms with Crippen molar-refractivity contribution in [3.8, 4) is 11.5 Å². The summed E-state index contributed by atoms with van der Waals surface area (Å²) in [6.45, 7) is 5.86. The third-order valence-corrected chi connectivity index (χ3v) is 5.88. The van der Waals surface area contributed by atoms with Gasteiger partial charge in [-0.1, -0.05) is 41.1 Å². The lowest BCUT2D eigenvalue weighted by atomic mass is 10.1. The SMILES string of the molecule is Cc1cc(C)c(NC(=O)Cn2c(=O)cc(-c3nc(C4CC4)no3)c3ccccc32)c(C)c1. The van der Waals surface area contributed by atoms with Gasteiger partial charge in [0.05, 0.1) is 11.1 Å². The molecule has 2 aromatic heterocycles. The van der Waals surface area contributed by atoms with Crippen molar-refractivity contribution in [2.75, 3.05) is 5.32 Å². The first-order valence-corrected chi connectivity index (χ1v) is 10.7. The number of pyridine rings is 1. The predicted octanol–water partition coefficient (Wildman–Crippen LogP) is 4.49. The van der Waals surface area contributed by atoms with Crippen LogP contribution >= 0.6 is 0 Å². The molecule has 0 aliphatic heterocycles. The molecule has 1 N–H and O–H groups in total. The van der Waals surface area contributed by atoms with E-state index >= 15 is 0 Å². The van der Waals surface area contributed by atoms with E-state index in [0.29, 0.717) is 28.7 Å². The number of fused-ring (bicyclic) bond motifs is 1. The molecular formula is C25H24N4O3. The highest BCUT2D eigenvalue weighted by molar-refractivity contribution is 5.96. The summed E-state index contributed by atoms with van der Waals surface area (Å²) in [5, 5.41) is 7.83. The maximum absolute atomic E-state index is 13.0. The predicted molar refractivity (Wildman–Crippen MR) is 123 cm³/mol. The number of hydrogen-bond acceptors (Lipinski definition) is 5. The third-order valence-electron chi connectivity index (χ3n) is 5.88. The van der Waals surface area contributed by atoms with Gasteiger partial charge in [0.25, 0.3) is 11.4 Å². The van der Waals surface area contributed by atoms with Crippen molar-refractivity contribution in [1.82, 2.24) is 14.7 Å². The second kappa shape index (κ2) is 7.75. The Morgan fingerprint density at radius 2 is 1.84 bits per heavy atom. The monoisotopic (exact) mass is 428 g/mol. The lowest BCUT2D eigenvalue weighted by molar-refractivity contribution is -0.116. The van der Waals surface area contributed by atoms with Crippen molar-refractivity contribution in [2.45, 2.75) is 46.1 Å². The van der Waals surface area contributed by atoms with Gasteiger partial charge in [0.15, 0.2) is 5.82 Å². The molecular weight excluding hydrogens is 404 g/mol. The summed E-state index contributed by atoms with van der Waals surface area (Å²) in [6.07, 6.45) is 2.13. The molecule has 0 bridgehead atoms. The highest BCUT2D eigenvalue weighted by atomic mass is 16.5. The van der Waals surface area contributed by atoms with Crippen molar-refractivity contribution < 1.29 is 9.32 Å². The minimum Gasteiger partial charge on any atom is -0.334 e. The van der Waals surface area contributed by atoms with Crippen molar-refractivity contribution >= 4 is 22.5 Å². The van der Waals surface area contributed by atoms with Gasteiger partial charge in [0.1, 0.15) is 6.54 Å². The standard InChI is InChI=1S/C25H24N4O3/c1-14-10-15(2)23(16(3)11-14)26-21(30)13-29-20-7-5-4-6-18(20)19(12-22(29)31)25-27-24(28-32-25)17-8-9-17/h4-7,10-12,17H,8-9,13H2,1-3H3,(H,26,30). The molecule has 0 unspecified atom stereocenters. The molecule has 0 radical (unpaired) electrons. The Kier molecular flexibility index (Phi) is 4.89. The number of anilines is 1. The first kappa shape index (κ1) is 20.2. The Bertz CT molecular complexity index is 1390. The summed E-state index contributed by atoms with van der Waals surface area (Å²) in [6, 6.07) is 13.0. The number of aromatic nitrogens is 3. The molecule has 1 fully saturated rings. The Balaban J connectivity index is 1.50. The lowest BCUT2D eigenvalue weighted by Crippen LogP contribution is -2.28. The molecule has 32 heavy (non-hydrogen) atoms. The molecule has 7 nitrogen and oxygen atoms in total. The van der Waals surface area contributed by atoms with Crippen LogP contribution in [0.25, 0.3) is 22.4 Å². The number of benzene rings is 2. The number of nitrogens with zero attached hydrogens (tertiary/aromatic N) is 3. The smallest absolute Gasteiger partial charge is 0.258 e. The van der Waals surface area contributed by atoms with Crippen molar-refractivity contribution in [2.24, 2.45) is 0 Å². The van der Waals surface area contributed by atoms with E-state index in [1.807, 2.05) is 57.2 Å². The second-order valence-electron chi connectivity index (χ2n) is 8.55. The fraction of sp³-hybridized carbons (Fsp3) is 0.280. The summed E-state index contributed by atoms with van der Waals surface area (Å²) in [5.41, 5.74) is 4.85. The van der Waals surface area contributed by atoms with Crippen LogP contribution in [0.5, 0.6) is 0 Å². The van der Waals surface area contributed by atoms with Crippen molar-refractivity contribution in [3.05, 3.63) is 75.3 Å². The van der Waals surface area contributed by atoms with Crippen LogP contribution in [0, 0.1) is 20.8 Å². The Morgan fingerprint density at radius 1 is 1.12 bits per heavy atom. The number of rotatable bonds is 5. The zero-order valence-corrected chi connectivity index (χ0v) is 18.3. The van der Waals surface area contributed by atoms with Crippen LogP contribution < -0.4 is 10.9 Å². The van der Waals surface area contributed by atoms with Gasteiger partial charge in [0, 0.05) is 23.1 Å². The van der Waals surface area contributed by atoms with E-state index in [1.54, 1.807) is 0 Å². The fourth-order valence-corrected chi connectivity index (χ4v) is 4.23. The van der Waals surface area contributed by atoms with Gasteiger partial charge in [-0.3, -0.25) is 14.2 Å². The molecule has 0 atom stereocenters. The minimum absolute atomic E-state index is 0.0937. The van der Waals surface area contributed by atoms with Gasteiger partial charge in [-0.2, -0.15) is 4.98 Å². The molecule has 162 valence electrons. The quantitative estimate of drug-likeness (QED) is 0.506. The largest absolute Gasteiger partial charge is 0.334 e. The average molecular weight is 428 g/mol. The van der Waals surface area contributed by atoms with Crippen LogP contribution in [0.1, 0.15) is 41.3 Å².